The van der Waals surface area contributed by atoms with Crippen molar-refractivity contribution >= 4 is 0 Å². The molecule has 0 heteroatoms. The third-order valence-electron chi connectivity index (χ3n) is 6.21. The van der Waals surface area contributed by atoms with E-state index in [4.69, 9.17) is 0 Å². The molecule has 182 valence electrons. The topological polar surface area (TPSA) is 0 Å². The van der Waals surface area contributed by atoms with Gasteiger partial charge in [0.2, 0.25) is 0 Å². The third kappa shape index (κ3) is 35.4. The Morgan fingerprint density at radius 1 is 0.267 bits per heavy atom. The Morgan fingerprint density at radius 3 is 0.600 bits per heavy atom. The molecule has 2 radical (unpaired) electrons. The Balaban J connectivity index is 0. The molecule has 0 aliphatic heterocycles. The Kier molecular flexibility index (Phi) is 36.1. The SMILES string of the molecule is [CH2]CCCCCCCCCCC.[CH2]CCCCCCCCCCCCCCCCC. The van der Waals surface area contributed by atoms with E-state index in [-0.39, 0.29) is 0 Å². The van der Waals surface area contributed by atoms with Crippen LogP contribution in [-0.2, 0) is 0 Å². The summed E-state index contributed by atoms with van der Waals surface area (Å²) < 4.78 is 0. The van der Waals surface area contributed by atoms with Crippen LogP contribution in [0.5, 0.6) is 0 Å². The second-order valence-electron chi connectivity index (χ2n) is 9.49. The maximum absolute atomic E-state index is 3.88. The fourth-order valence-electron chi connectivity index (χ4n) is 4.04. The number of hydrogen-bond acceptors (Lipinski definition) is 0. The molecule has 0 aromatic heterocycles. The fraction of sp³-hybridized carbons (Fsp3) is 0.933. The van der Waals surface area contributed by atoms with Crippen LogP contribution in [0.25, 0.3) is 0 Å². The minimum absolute atomic E-state index is 1.12. The zero-order valence-corrected chi connectivity index (χ0v) is 21.8. The van der Waals surface area contributed by atoms with Crippen LogP contribution in [0, 0.1) is 13.8 Å². The van der Waals surface area contributed by atoms with Gasteiger partial charge in [0.1, 0.15) is 0 Å². The van der Waals surface area contributed by atoms with Gasteiger partial charge in [0, 0.05) is 0 Å². The summed E-state index contributed by atoms with van der Waals surface area (Å²) in [4.78, 5) is 0. The Bertz CT molecular complexity index is 218. The highest BCUT2D eigenvalue weighted by Gasteiger charge is 1.94. The maximum Gasteiger partial charge on any atom is -0.0533 e. The molecule has 0 bridgehead atoms. The van der Waals surface area contributed by atoms with E-state index in [1.165, 1.54) is 154 Å². The molecule has 0 rings (SSSR count). The summed E-state index contributed by atoms with van der Waals surface area (Å²) in [5.74, 6) is 0. The highest BCUT2D eigenvalue weighted by molar-refractivity contribution is 4.50. The molecule has 0 spiro atoms. The third-order valence-corrected chi connectivity index (χ3v) is 6.21. The number of rotatable bonds is 24. The minimum Gasteiger partial charge on any atom is -0.0654 e. The van der Waals surface area contributed by atoms with E-state index >= 15 is 0 Å². The second-order valence-corrected chi connectivity index (χ2v) is 9.49. The summed E-state index contributed by atoms with van der Waals surface area (Å²) in [7, 11) is 0. The predicted molar refractivity (Wildman–Crippen MR) is 142 cm³/mol. The van der Waals surface area contributed by atoms with Crippen molar-refractivity contribution in [3.05, 3.63) is 13.8 Å². The van der Waals surface area contributed by atoms with Crippen LogP contribution < -0.4 is 0 Å². The first-order valence-electron chi connectivity index (χ1n) is 14.4. The van der Waals surface area contributed by atoms with Crippen molar-refractivity contribution in [3.8, 4) is 0 Å². The Labute approximate surface area is 194 Å². The normalized spacial score (nSPS) is 10.8. The smallest absolute Gasteiger partial charge is 0.0533 e. The summed E-state index contributed by atoms with van der Waals surface area (Å²) in [5, 5.41) is 0. The van der Waals surface area contributed by atoms with Crippen LogP contribution in [-0.4, -0.2) is 0 Å². The monoisotopic (exact) mass is 422 g/mol. The molecule has 0 aromatic carbocycles. The largest absolute Gasteiger partial charge is 0.0654 e. The first-order valence-corrected chi connectivity index (χ1v) is 14.4. The average molecular weight is 423 g/mol. The maximum atomic E-state index is 3.88. The molecule has 0 nitrogen and oxygen atoms in total. The lowest BCUT2D eigenvalue weighted by atomic mass is 10.0. The van der Waals surface area contributed by atoms with Gasteiger partial charge in [-0.05, 0) is 0 Å². The molecule has 0 unspecified atom stereocenters. The summed E-state index contributed by atoms with van der Waals surface area (Å²) in [6.45, 7) is 12.3. The van der Waals surface area contributed by atoms with Crippen LogP contribution >= 0.6 is 0 Å². The highest BCUT2D eigenvalue weighted by atomic mass is 14.0. The lowest BCUT2D eigenvalue weighted by Gasteiger charge is -2.03. The van der Waals surface area contributed by atoms with E-state index in [1.807, 2.05) is 0 Å². The van der Waals surface area contributed by atoms with Crippen molar-refractivity contribution in [1.29, 1.82) is 0 Å². The molecule has 0 saturated heterocycles. The average Bonchev–Trinajstić information content (AvgIpc) is 2.76. The molecular weight excluding hydrogens is 360 g/mol. The predicted octanol–water partition coefficient (Wildman–Crippen LogP) is 11.8. The molecule has 0 amide bonds. The van der Waals surface area contributed by atoms with Gasteiger partial charge in [0.05, 0.1) is 0 Å². The molecular formula is C30H62. The molecule has 0 heterocycles. The van der Waals surface area contributed by atoms with Gasteiger partial charge in [-0.3, -0.25) is 0 Å². The van der Waals surface area contributed by atoms with Crippen molar-refractivity contribution < 1.29 is 0 Å². The number of unbranched alkanes of at least 4 members (excludes halogenated alkanes) is 24. The Morgan fingerprint density at radius 2 is 0.433 bits per heavy atom. The molecule has 0 atom stereocenters. The summed E-state index contributed by atoms with van der Waals surface area (Å²) in [5.41, 5.74) is 0. The summed E-state index contributed by atoms with van der Waals surface area (Å²) in [6.07, 6.45) is 36.7. The lowest BCUT2D eigenvalue weighted by Crippen LogP contribution is -1.83. The molecule has 0 aliphatic carbocycles. The van der Waals surface area contributed by atoms with Gasteiger partial charge >= 0.3 is 0 Å². The zero-order chi connectivity index (χ0) is 22.4. The van der Waals surface area contributed by atoms with Gasteiger partial charge in [0.15, 0.2) is 0 Å². The second kappa shape index (κ2) is 33.6. The van der Waals surface area contributed by atoms with Crippen molar-refractivity contribution in [2.24, 2.45) is 0 Å². The zero-order valence-electron chi connectivity index (χ0n) is 21.8. The standard InChI is InChI=1S/C18H37.C12H25/c1-3-5-7-9-11-13-15-17-18-16-14-12-10-8-6-4-2;1-3-5-7-9-11-12-10-8-6-4-2/h1,3-18H2,2H3;1,3-12H2,2H3. The first kappa shape index (κ1) is 32.2. The van der Waals surface area contributed by atoms with E-state index in [9.17, 15) is 0 Å². The van der Waals surface area contributed by atoms with Gasteiger partial charge in [-0.25, -0.2) is 0 Å². The van der Waals surface area contributed by atoms with Crippen LogP contribution in [0.2, 0.25) is 0 Å². The van der Waals surface area contributed by atoms with Gasteiger partial charge in [-0.2, -0.15) is 0 Å². The molecule has 0 saturated carbocycles. The van der Waals surface area contributed by atoms with Crippen molar-refractivity contribution in [2.75, 3.05) is 0 Å². The molecule has 0 aromatic rings. The van der Waals surface area contributed by atoms with Crippen LogP contribution in [0.1, 0.15) is 181 Å². The lowest BCUT2D eigenvalue weighted by molar-refractivity contribution is 0.533. The van der Waals surface area contributed by atoms with Gasteiger partial charge in [0.25, 0.3) is 0 Å². The van der Waals surface area contributed by atoms with E-state index in [2.05, 4.69) is 27.7 Å². The van der Waals surface area contributed by atoms with Crippen LogP contribution in [0.15, 0.2) is 0 Å². The van der Waals surface area contributed by atoms with Crippen LogP contribution in [0.4, 0.5) is 0 Å². The van der Waals surface area contributed by atoms with Crippen molar-refractivity contribution in [3.63, 3.8) is 0 Å². The first-order chi connectivity index (χ1) is 14.8. The fourth-order valence-corrected chi connectivity index (χ4v) is 4.04. The van der Waals surface area contributed by atoms with Gasteiger partial charge < -0.3 is 0 Å². The quantitative estimate of drug-likeness (QED) is 0.136. The van der Waals surface area contributed by atoms with Gasteiger partial charge in [-0.15, -0.1) is 0 Å². The van der Waals surface area contributed by atoms with Gasteiger partial charge in [-0.1, -0.05) is 195 Å². The van der Waals surface area contributed by atoms with E-state index in [0.29, 0.717) is 0 Å². The highest BCUT2D eigenvalue weighted by Crippen LogP contribution is 2.13. The minimum atomic E-state index is 1.12. The molecule has 0 aliphatic rings. The summed E-state index contributed by atoms with van der Waals surface area (Å²) >= 11 is 0. The van der Waals surface area contributed by atoms with E-state index < -0.39 is 0 Å². The molecule has 30 heavy (non-hydrogen) atoms. The van der Waals surface area contributed by atoms with Crippen molar-refractivity contribution in [2.45, 2.75) is 181 Å². The van der Waals surface area contributed by atoms with E-state index in [0.717, 1.165) is 12.8 Å². The Hall–Kier alpha value is 0. The van der Waals surface area contributed by atoms with Crippen molar-refractivity contribution in [1.82, 2.24) is 0 Å². The van der Waals surface area contributed by atoms with Crippen LogP contribution in [0.3, 0.4) is 0 Å². The summed E-state index contributed by atoms with van der Waals surface area (Å²) in [6, 6.07) is 0. The van der Waals surface area contributed by atoms with E-state index in [1.54, 1.807) is 0 Å². The molecule has 0 fully saturated rings. The number of hydrogen-bond donors (Lipinski definition) is 0. The molecule has 0 N–H and O–H groups in total.